The molecule has 1 aliphatic heterocycles. The largest absolute Gasteiger partial charge is 0.374 e. The van der Waals surface area contributed by atoms with Crippen LogP contribution in [-0.2, 0) is 4.74 Å². The molecule has 0 unspecified atom stereocenters. The minimum atomic E-state index is -0.208. The van der Waals surface area contributed by atoms with E-state index in [2.05, 4.69) is 4.98 Å². The molecular formula is C18H20N2O3. The Morgan fingerprint density at radius 3 is 2.96 bits per heavy atom. The Hall–Kier alpha value is -2.14. The lowest BCUT2D eigenvalue weighted by atomic mass is 9.90. The van der Waals surface area contributed by atoms with E-state index in [0.717, 1.165) is 31.1 Å². The van der Waals surface area contributed by atoms with Crippen LogP contribution in [0.4, 0.5) is 0 Å². The minimum absolute atomic E-state index is 0.0898. The molecule has 1 N–H and O–H groups in total. The fourth-order valence-corrected chi connectivity index (χ4v) is 3.83. The fourth-order valence-electron chi connectivity index (χ4n) is 3.83. The summed E-state index contributed by atoms with van der Waals surface area (Å²) in [5.41, 5.74) is 0.167. The summed E-state index contributed by atoms with van der Waals surface area (Å²) in [5, 5.41) is 1.41. The normalized spacial score (nSPS) is 24.4. The number of amides is 1. The number of carbonyl (C=O) groups excluding carboxylic acids is 1. The molecule has 1 amide bonds. The van der Waals surface area contributed by atoms with Crippen LogP contribution < -0.4 is 5.56 Å². The zero-order valence-corrected chi connectivity index (χ0v) is 13.0. The summed E-state index contributed by atoms with van der Waals surface area (Å²) in [6, 6.07) is 9.26. The lowest BCUT2D eigenvalue weighted by Gasteiger charge is -2.43. The number of ether oxygens (including phenoxy) is 1. The van der Waals surface area contributed by atoms with Gasteiger partial charge >= 0.3 is 0 Å². The molecule has 2 heterocycles. The van der Waals surface area contributed by atoms with Crippen LogP contribution in [0.3, 0.4) is 0 Å². The van der Waals surface area contributed by atoms with Crippen molar-refractivity contribution in [1.29, 1.82) is 0 Å². The second-order valence-corrected chi connectivity index (χ2v) is 6.36. The molecule has 5 heteroatoms. The predicted octanol–water partition coefficient (Wildman–Crippen LogP) is 2.31. The number of rotatable bonds is 1. The third-order valence-electron chi connectivity index (χ3n) is 4.98. The molecule has 4 rings (SSSR count). The van der Waals surface area contributed by atoms with E-state index in [1.165, 1.54) is 0 Å². The van der Waals surface area contributed by atoms with Crippen molar-refractivity contribution in [3.8, 4) is 0 Å². The van der Waals surface area contributed by atoms with Crippen LogP contribution in [0.5, 0.6) is 0 Å². The standard InChI is InChI=1S/C18H20N2O3/c21-17-13-6-2-1-5-12(13)11-14(19-17)18(22)20-9-10-23-16-8-4-3-7-15(16)20/h1-2,5-6,11,15-16H,3-4,7-10H2,(H,19,21)/t15-,16-/m0/s1. The first-order valence-corrected chi connectivity index (χ1v) is 8.29. The predicted molar refractivity (Wildman–Crippen MR) is 87.6 cm³/mol. The first kappa shape index (κ1) is 14.5. The third-order valence-corrected chi connectivity index (χ3v) is 4.98. The number of hydrogen-bond donors (Lipinski definition) is 1. The van der Waals surface area contributed by atoms with Crippen molar-refractivity contribution in [2.24, 2.45) is 0 Å². The smallest absolute Gasteiger partial charge is 0.270 e. The molecule has 2 atom stereocenters. The Morgan fingerprint density at radius 2 is 2.04 bits per heavy atom. The molecule has 1 aromatic carbocycles. The highest BCUT2D eigenvalue weighted by molar-refractivity contribution is 5.96. The maximum Gasteiger partial charge on any atom is 0.270 e. The number of morpholine rings is 1. The number of H-pyrrole nitrogens is 1. The summed E-state index contributed by atoms with van der Waals surface area (Å²) in [7, 11) is 0. The van der Waals surface area contributed by atoms with Crippen LogP contribution >= 0.6 is 0 Å². The second kappa shape index (κ2) is 5.81. The topological polar surface area (TPSA) is 62.4 Å². The molecule has 5 nitrogen and oxygen atoms in total. The van der Waals surface area contributed by atoms with Crippen molar-refractivity contribution < 1.29 is 9.53 Å². The van der Waals surface area contributed by atoms with Gasteiger partial charge in [0.2, 0.25) is 0 Å². The van der Waals surface area contributed by atoms with E-state index < -0.39 is 0 Å². The van der Waals surface area contributed by atoms with Crippen molar-refractivity contribution in [1.82, 2.24) is 9.88 Å². The van der Waals surface area contributed by atoms with Crippen molar-refractivity contribution in [3.63, 3.8) is 0 Å². The van der Waals surface area contributed by atoms with Crippen LogP contribution in [-0.4, -0.2) is 41.1 Å². The number of benzene rings is 1. The SMILES string of the molecule is O=C(c1cc2ccccc2c(=O)[nH]1)N1CCO[C@H]2CCCC[C@@H]21. The van der Waals surface area contributed by atoms with Crippen LogP contribution in [0.15, 0.2) is 35.1 Å². The van der Waals surface area contributed by atoms with Gasteiger partial charge in [-0.25, -0.2) is 0 Å². The number of aromatic nitrogens is 1. The number of pyridine rings is 1. The van der Waals surface area contributed by atoms with Gasteiger partial charge in [-0.2, -0.15) is 0 Å². The van der Waals surface area contributed by atoms with Gasteiger partial charge in [-0.05, 0) is 30.4 Å². The van der Waals surface area contributed by atoms with E-state index in [-0.39, 0.29) is 23.6 Å². The average molecular weight is 312 g/mol. The zero-order valence-electron chi connectivity index (χ0n) is 13.0. The van der Waals surface area contributed by atoms with Gasteiger partial charge in [0.15, 0.2) is 0 Å². The number of nitrogens with zero attached hydrogens (tertiary/aromatic N) is 1. The summed E-state index contributed by atoms with van der Waals surface area (Å²) < 4.78 is 5.83. The van der Waals surface area contributed by atoms with E-state index >= 15 is 0 Å². The maximum absolute atomic E-state index is 13.0. The van der Waals surface area contributed by atoms with E-state index in [0.29, 0.717) is 24.2 Å². The van der Waals surface area contributed by atoms with Crippen molar-refractivity contribution in [3.05, 3.63) is 46.4 Å². The first-order chi connectivity index (χ1) is 11.2. The van der Waals surface area contributed by atoms with Crippen LogP contribution in [0.1, 0.15) is 36.2 Å². The summed E-state index contributed by atoms with van der Waals surface area (Å²) >= 11 is 0. The molecule has 23 heavy (non-hydrogen) atoms. The zero-order chi connectivity index (χ0) is 15.8. The Balaban J connectivity index is 1.69. The summed E-state index contributed by atoms with van der Waals surface area (Å²) in [4.78, 5) is 29.8. The number of carbonyl (C=O) groups is 1. The molecule has 1 saturated heterocycles. The van der Waals surface area contributed by atoms with Crippen LogP contribution in [0.2, 0.25) is 0 Å². The molecule has 2 aliphatic rings. The summed E-state index contributed by atoms with van der Waals surface area (Å²) in [5.74, 6) is -0.0898. The number of fused-ring (bicyclic) bond motifs is 2. The molecule has 1 saturated carbocycles. The molecule has 1 aromatic heterocycles. The Bertz CT molecular complexity index is 796. The van der Waals surface area contributed by atoms with Gasteiger partial charge in [0.1, 0.15) is 5.69 Å². The van der Waals surface area contributed by atoms with Gasteiger partial charge in [0, 0.05) is 11.9 Å². The lowest BCUT2D eigenvalue weighted by Crippen LogP contribution is -2.55. The highest BCUT2D eigenvalue weighted by atomic mass is 16.5. The molecule has 0 bridgehead atoms. The average Bonchev–Trinajstić information content (AvgIpc) is 2.60. The molecule has 2 fully saturated rings. The highest BCUT2D eigenvalue weighted by Gasteiger charge is 2.37. The molecule has 1 aliphatic carbocycles. The summed E-state index contributed by atoms with van der Waals surface area (Å²) in [6.45, 7) is 1.17. The molecule has 120 valence electrons. The summed E-state index contributed by atoms with van der Waals surface area (Å²) in [6.07, 6.45) is 4.43. The van der Waals surface area contributed by atoms with Gasteiger partial charge in [-0.1, -0.05) is 31.0 Å². The van der Waals surface area contributed by atoms with Gasteiger partial charge in [-0.15, -0.1) is 0 Å². The highest BCUT2D eigenvalue weighted by Crippen LogP contribution is 2.29. The van der Waals surface area contributed by atoms with Crippen LogP contribution in [0, 0.1) is 0 Å². The van der Waals surface area contributed by atoms with Crippen LogP contribution in [0.25, 0.3) is 10.8 Å². The van der Waals surface area contributed by atoms with Gasteiger partial charge in [-0.3, -0.25) is 9.59 Å². The minimum Gasteiger partial charge on any atom is -0.374 e. The van der Waals surface area contributed by atoms with Gasteiger partial charge in [0.25, 0.3) is 11.5 Å². The molecule has 0 radical (unpaired) electrons. The second-order valence-electron chi connectivity index (χ2n) is 6.36. The van der Waals surface area contributed by atoms with Crippen molar-refractivity contribution in [2.45, 2.75) is 37.8 Å². The quantitative estimate of drug-likeness (QED) is 0.879. The Labute approximate surface area is 134 Å². The van der Waals surface area contributed by atoms with E-state index in [4.69, 9.17) is 4.74 Å². The molecular weight excluding hydrogens is 292 g/mol. The van der Waals surface area contributed by atoms with Gasteiger partial charge < -0.3 is 14.6 Å². The van der Waals surface area contributed by atoms with Crippen molar-refractivity contribution >= 4 is 16.7 Å². The maximum atomic E-state index is 13.0. The van der Waals surface area contributed by atoms with E-state index in [1.807, 2.05) is 23.1 Å². The number of aromatic amines is 1. The van der Waals surface area contributed by atoms with Crippen molar-refractivity contribution in [2.75, 3.05) is 13.2 Å². The van der Waals surface area contributed by atoms with E-state index in [1.54, 1.807) is 12.1 Å². The third kappa shape index (κ3) is 2.55. The fraction of sp³-hybridized carbons (Fsp3) is 0.444. The Kier molecular flexibility index (Phi) is 3.65. The molecule has 0 spiro atoms. The first-order valence-electron chi connectivity index (χ1n) is 8.29. The monoisotopic (exact) mass is 312 g/mol. The molecule has 2 aromatic rings. The number of hydrogen-bond acceptors (Lipinski definition) is 3. The number of nitrogens with one attached hydrogen (secondary N) is 1. The lowest BCUT2D eigenvalue weighted by molar-refractivity contribution is -0.0754. The Morgan fingerprint density at radius 1 is 1.22 bits per heavy atom. The van der Waals surface area contributed by atoms with E-state index in [9.17, 15) is 9.59 Å². The van der Waals surface area contributed by atoms with Gasteiger partial charge in [0.05, 0.1) is 18.8 Å².